The van der Waals surface area contributed by atoms with Crippen molar-refractivity contribution in [3.05, 3.63) is 53.6 Å². The molecule has 1 fully saturated rings. The van der Waals surface area contributed by atoms with Gasteiger partial charge in [-0.25, -0.2) is 0 Å². The molecule has 0 radical (unpaired) electrons. The van der Waals surface area contributed by atoms with Gasteiger partial charge in [-0.15, -0.1) is 0 Å². The number of nitrogens with zero attached hydrogens (tertiary/aromatic N) is 3. The van der Waals surface area contributed by atoms with Crippen LogP contribution >= 0.6 is 0 Å². The molecule has 2 aromatic carbocycles. The molecule has 0 aromatic heterocycles. The van der Waals surface area contributed by atoms with Crippen LogP contribution in [0.5, 0.6) is 17.2 Å². The number of piperazine rings is 1. The summed E-state index contributed by atoms with van der Waals surface area (Å²) in [6, 6.07) is 14.0. The largest absolute Gasteiger partial charge is 0.493 e. The van der Waals surface area contributed by atoms with Crippen molar-refractivity contribution in [1.29, 1.82) is 0 Å². The number of amides is 1. The predicted octanol–water partition coefficient (Wildman–Crippen LogP) is 2.29. The number of hydrogen-bond acceptors (Lipinski definition) is 6. The van der Waals surface area contributed by atoms with Crippen LogP contribution in [0.15, 0.2) is 42.5 Å². The topological polar surface area (TPSA) is 54.5 Å². The smallest absolute Gasteiger partial charge is 0.237 e. The van der Waals surface area contributed by atoms with E-state index in [-0.39, 0.29) is 5.91 Å². The molecular weight excluding hydrogens is 406 g/mol. The summed E-state index contributed by atoms with van der Waals surface area (Å²) in [6.07, 6.45) is 0.844. The van der Waals surface area contributed by atoms with E-state index in [0.29, 0.717) is 25.4 Å². The Morgan fingerprint density at radius 1 is 0.875 bits per heavy atom. The van der Waals surface area contributed by atoms with Crippen LogP contribution in [-0.2, 0) is 17.8 Å². The van der Waals surface area contributed by atoms with Crippen LogP contribution in [0.25, 0.3) is 0 Å². The standard InChI is InChI=1S/C25H33N3O4/c1-30-23-16-20-8-9-28(18-21(20)17-24(23)31-2)25(29)19-27-12-10-26(11-13-27)14-15-32-22-6-4-3-5-7-22/h3-7,16-17H,8-15,18-19H2,1-2H3. The summed E-state index contributed by atoms with van der Waals surface area (Å²) in [4.78, 5) is 19.6. The molecule has 0 unspecified atom stereocenters. The number of fused-ring (bicyclic) bond motifs is 1. The highest BCUT2D eigenvalue weighted by molar-refractivity contribution is 5.78. The molecule has 32 heavy (non-hydrogen) atoms. The van der Waals surface area contributed by atoms with E-state index in [9.17, 15) is 4.79 Å². The molecule has 7 heteroatoms. The summed E-state index contributed by atoms with van der Waals surface area (Å²) in [5.74, 6) is 2.58. The quantitative estimate of drug-likeness (QED) is 0.629. The fourth-order valence-corrected chi connectivity index (χ4v) is 4.37. The fourth-order valence-electron chi connectivity index (χ4n) is 4.37. The van der Waals surface area contributed by atoms with Gasteiger partial charge in [-0.05, 0) is 41.8 Å². The van der Waals surface area contributed by atoms with Gasteiger partial charge in [-0.2, -0.15) is 0 Å². The Morgan fingerprint density at radius 3 is 2.22 bits per heavy atom. The molecule has 172 valence electrons. The van der Waals surface area contributed by atoms with E-state index in [2.05, 4.69) is 9.80 Å². The van der Waals surface area contributed by atoms with Crippen LogP contribution in [-0.4, -0.2) is 87.2 Å². The fraction of sp³-hybridized carbons (Fsp3) is 0.480. The van der Waals surface area contributed by atoms with E-state index in [4.69, 9.17) is 14.2 Å². The minimum Gasteiger partial charge on any atom is -0.493 e. The van der Waals surface area contributed by atoms with Crippen molar-refractivity contribution in [2.75, 3.05) is 66.6 Å². The van der Waals surface area contributed by atoms with Gasteiger partial charge in [0.1, 0.15) is 12.4 Å². The first-order valence-corrected chi connectivity index (χ1v) is 11.3. The van der Waals surface area contributed by atoms with Crippen LogP contribution in [0.1, 0.15) is 11.1 Å². The molecule has 2 aliphatic heterocycles. The van der Waals surface area contributed by atoms with Gasteiger partial charge in [0, 0.05) is 45.8 Å². The zero-order chi connectivity index (χ0) is 22.3. The van der Waals surface area contributed by atoms with Gasteiger partial charge in [-0.1, -0.05) is 18.2 Å². The maximum absolute atomic E-state index is 13.0. The minimum absolute atomic E-state index is 0.200. The lowest BCUT2D eigenvalue weighted by Gasteiger charge is -2.36. The van der Waals surface area contributed by atoms with Gasteiger partial charge >= 0.3 is 0 Å². The molecule has 2 heterocycles. The Balaban J connectivity index is 1.21. The lowest BCUT2D eigenvalue weighted by Crippen LogP contribution is -2.51. The summed E-state index contributed by atoms with van der Waals surface area (Å²) < 4.78 is 16.6. The van der Waals surface area contributed by atoms with Crippen LogP contribution in [0.2, 0.25) is 0 Å². The normalized spacial score (nSPS) is 17.0. The van der Waals surface area contributed by atoms with Crippen LogP contribution in [0.4, 0.5) is 0 Å². The Bertz CT molecular complexity index is 898. The SMILES string of the molecule is COc1cc2c(cc1OC)CN(C(=O)CN1CCN(CCOc3ccccc3)CC1)CC2. The number of carbonyl (C=O) groups is 1. The number of hydrogen-bond donors (Lipinski definition) is 0. The lowest BCUT2D eigenvalue weighted by atomic mass is 9.98. The Hall–Kier alpha value is -2.77. The summed E-state index contributed by atoms with van der Waals surface area (Å²) in [5, 5.41) is 0. The van der Waals surface area contributed by atoms with Crippen molar-refractivity contribution in [2.45, 2.75) is 13.0 Å². The highest BCUT2D eigenvalue weighted by atomic mass is 16.5. The number of rotatable bonds is 8. The van der Waals surface area contributed by atoms with E-state index in [1.54, 1.807) is 14.2 Å². The highest BCUT2D eigenvalue weighted by Crippen LogP contribution is 2.33. The van der Waals surface area contributed by atoms with E-state index in [0.717, 1.165) is 62.8 Å². The Kier molecular flexibility index (Phi) is 7.50. The first kappa shape index (κ1) is 22.4. The predicted molar refractivity (Wildman–Crippen MR) is 123 cm³/mol. The molecule has 0 saturated carbocycles. The van der Waals surface area contributed by atoms with Crippen molar-refractivity contribution < 1.29 is 19.0 Å². The monoisotopic (exact) mass is 439 g/mol. The summed E-state index contributed by atoms with van der Waals surface area (Å²) in [6.45, 7) is 7.20. The molecule has 0 N–H and O–H groups in total. The first-order chi connectivity index (χ1) is 15.7. The van der Waals surface area contributed by atoms with Crippen LogP contribution < -0.4 is 14.2 Å². The summed E-state index contributed by atoms with van der Waals surface area (Å²) >= 11 is 0. The van der Waals surface area contributed by atoms with Gasteiger partial charge < -0.3 is 19.1 Å². The zero-order valence-corrected chi connectivity index (χ0v) is 19.1. The average Bonchev–Trinajstić information content (AvgIpc) is 2.84. The molecule has 1 amide bonds. The number of carbonyl (C=O) groups excluding carboxylic acids is 1. The van der Waals surface area contributed by atoms with E-state index < -0.39 is 0 Å². The molecule has 4 rings (SSSR count). The van der Waals surface area contributed by atoms with Gasteiger partial charge in [0.25, 0.3) is 0 Å². The van der Waals surface area contributed by atoms with Gasteiger partial charge in [-0.3, -0.25) is 14.6 Å². The van der Waals surface area contributed by atoms with Crippen molar-refractivity contribution in [2.24, 2.45) is 0 Å². The van der Waals surface area contributed by atoms with E-state index in [1.165, 1.54) is 5.56 Å². The highest BCUT2D eigenvalue weighted by Gasteiger charge is 2.25. The molecule has 2 aromatic rings. The average molecular weight is 440 g/mol. The van der Waals surface area contributed by atoms with Crippen molar-refractivity contribution in [3.63, 3.8) is 0 Å². The number of benzene rings is 2. The van der Waals surface area contributed by atoms with Crippen molar-refractivity contribution in [3.8, 4) is 17.2 Å². The third-order valence-electron chi connectivity index (χ3n) is 6.31. The molecule has 0 atom stereocenters. The molecule has 0 aliphatic carbocycles. The second-order valence-corrected chi connectivity index (χ2v) is 8.32. The third-order valence-corrected chi connectivity index (χ3v) is 6.31. The summed E-state index contributed by atoms with van der Waals surface area (Å²) in [5.41, 5.74) is 2.38. The van der Waals surface area contributed by atoms with Crippen LogP contribution in [0, 0.1) is 0 Å². The molecule has 2 aliphatic rings. The maximum Gasteiger partial charge on any atom is 0.237 e. The van der Waals surface area contributed by atoms with Crippen molar-refractivity contribution >= 4 is 5.91 Å². The number of para-hydroxylation sites is 1. The van der Waals surface area contributed by atoms with Gasteiger partial charge in [0.05, 0.1) is 20.8 Å². The molecule has 7 nitrogen and oxygen atoms in total. The maximum atomic E-state index is 13.0. The number of ether oxygens (including phenoxy) is 3. The van der Waals surface area contributed by atoms with Gasteiger partial charge in [0.15, 0.2) is 11.5 Å². The second-order valence-electron chi connectivity index (χ2n) is 8.32. The lowest BCUT2D eigenvalue weighted by molar-refractivity contribution is -0.133. The van der Waals surface area contributed by atoms with Crippen LogP contribution in [0.3, 0.4) is 0 Å². The third kappa shape index (κ3) is 5.53. The zero-order valence-electron chi connectivity index (χ0n) is 19.1. The Labute approximate surface area is 190 Å². The molecular formula is C25H33N3O4. The van der Waals surface area contributed by atoms with E-state index >= 15 is 0 Å². The molecule has 0 bridgehead atoms. The van der Waals surface area contributed by atoms with E-state index in [1.807, 2.05) is 47.4 Å². The number of methoxy groups -OCH3 is 2. The second kappa shape index (κ2) is 10.7. The van der Waals surface area contributed by atoms with Gasteiger partial charge in [0.2, 0.25) is 5.91 Å². The molecule has 0 spiro atoms. The first-order valence-electron chi connectivity index (χ1n) is 11.3. The van der Waals surface area contributed by atoms with Crippen molar-refractivity contribution in [1.82, 2.24) is 14.7 Å². The Morgan fingerprint density at radius 2 is 1.53 bits per heavy atom. The molecule has 1 saturated heterocycles. The summed E-state index contributed by atoms with van der Waals surface area (Å²) in [7, 11) is 3.29. The minimum atomic E-state index is 0.200.